The molecular weight excluding hydrogens is 346 g/mol. The number of carbonyl (C=O) groups excluding carboxylic acids is 1. The molecule has 134 valence electrons. The normalized spacial score (nSPS) is 21.9. The number of aryl methyl sites for hydroxylation is 1. The molecular formula is C20H21N3O2S. The number of amidine groups is 1. The Morgan fingerprint density at radius 3 is 2.77 bits per heavy atom. The van der Waals surface area contributed by atoms with Crippen LogP contribution in [-0.4, -0.2) is 27.0 Å². The van der Waals surface area contributed by atoms with Gasteiger partial charge in [0.15, 0.2) is 11.0 Å². The van der Waals surface area contributed by atoms with Crippen LogP contribution in [0.3, 0.4) is 0 Å². The molecule has 0 N–H and O–H groups in total. The Kier molecular flexibility index (Phi) is 4.93. The van der Waals surface area contributed by atoms with E-state index in [4.69, 9.17) is 4.42 Å². The molecule has 1 aliphatic heterocycles. The Morgan fingerprint density at radius 1 is 1.23 bits per heavy atom. The number of nitrogens with zero attached hydrogens (tertiary/aromatic N) is 3. The van der Waals surface area contributed by atoms with Crippen molar-refractivity contribution in [3.63, 3.8) is 0 Å². The Hall–Kier alpha value is -2.34. The maximum absolute atomic E-state index is 13.1. The lowest BCUT2D eigenvalue weighted by Gasteiger charge is -2.30. The largest absolute Gasteiger partial charge is 0.462 e. The van der Waals surface area contributed by atoms with E-state index in [1.807, 2.05) is 48.2 Å². The first-order valence-corrected chi connectivity index (χ1v) is 9.81. The van der Waals surface area contributed by atoms with Gasteiger partial charge in [-0.15, -0.1) is 0 Å². The number of rotatable bonds is 3. The quantitative estimate of drug-likeness (QED) is 0.723. The first-order chi connectivity index (χ1) is 12.7. The van der Waals surface area contributed by atoms with Gasteiger partial charge in [-0.05, 0) is 55.8 Å². The van der Waals surface area contributed by atoms with E-state index in [-0.39, 0.29) is 11.9 Å². The number of hydrogen-bond acceptors (Lipinski definition) is 5. The monoisotopic (exact) mass is 367 g/mol. The average molecular weight is 367 g/mol. The highest BCUT2D eigenvalue weighted by Gasteiger charge is 2.38. The Bertz CT molecular complexity index is 851. The van der Waals surface area contributed by atoms with Crippen LogP contribution in [0.15, 0.2) is 50.8 Å². The SMILES string of the molecule is Cc1ccc(/C=C2/S/C(=N/c3ccccn3)N(C3CCCCC3)C2=O)o1. The molecule has 26 heavy (non-hydrogen) atoms. The van der Waals surface area contributed by atoms with E-state index >= 15 is 0 Å². The minimum Gasteiger partial charge on any atom is -0.462 e. The first-order valence-electron chi connectivity index (χ1n) is 9.00. The van der Waals surface area contributed by atoms with Crippen molar-refractivity contribution in [1.29, 1.82) is 0 Å². The topological polar surface area (TPSA) is 58.7 Å². The summed E-state index contributed by atoms with van der Waals surface area (Å²) in [6, 6.07) is 9.62. The molecule has 0 aromatic carbocycles. The Labute approximate surface area is 157 Å². The molecule has 2 aliphatic rings. The molecule has 1 amide bonds. The molecule has 2 aromatic rings. The van der Waals surface area contributed by atoms with Crippen molar-refractivity contribution < 1.29 is 9.21 Å². The number of hydrogen-bond donors (Lipinski definition) is 0. The first kappa shape index (κ1) is 17.1. The Balaban J connectivity index is 1.69. The van der Waals surface area contributed by atoms with Gasteiger partial charge < -0.3 is 4.42 Å². The number of aliphatic imine (C=N–C) groups is 1. The van der Waals surface area contributed by atoms with Crippen molar-refractivity contribution >= 4 is 34.7 Å². The van der Waals surface area contributed by atoms with Crippen LogP contribution in [0.2, 0.25) is 0 Å². The third-order valence-electron chi connectivity index (χ3n) is 4.67. The van der Waals surface area contributed by atoms with Crippen LogP contribution >= 0.6 is 11.8 Å². The molecule has 4 rings (SSSR count). The lowest BCUT2D eigenvalue weighted by molar-refractivity contribution is -0.124. The maximum atomic E-state index is 13.1. The summed E-state index contributed by atoms with van der Waals surface area (Å²) in [5.41, 5.74) is 0. The minimum absolute atomic E-state index is 0.0191. The van der Waals surface area contributed by atoms with E-state index in [9.17, 15) is 4.79 Å². The fourth-order valence-electron chi connectivity index (χ4n) is 3.40. The summed E-state index contributed by atoms with van der Waals surface area (Å²) in [7, 11) is 0. The van der Waals surface area contributed by atoms with Crippen LogP contribution in [0.1, 0.15) is 43.6 Å². The van der Waals surface area contributed by atoms with Crippen molar-refractivity contribution in [3.05, 3.63) is 53.0 Å². The highest BCUT2D eigenvalue weighted by Crippen LogP contribution is 2.38. The summed E-state index contributed by atoms with van der Waals surface area (Å²) in [6.45, 7) is 1.90. The van der Waals surface area contributed by atoms with Crippen LogP contribution in [0.25, 0.3) is 6.08 Å². The number of amides is 1. The van der Waals surface area contributed by atoms with Crippen molar-refractivity contribution in [2.45, 2.75) is 45.1 Å². The van der Waals surface area contributed by atoms with Gasteiger partial charge in [0, 0.05) is 18.3 Å². The lowest BCUT2D eigenvalue weighted by Crippen LogP contribution is -2.40. The van der Waals surface area contributed by atoms with E-state index in [1.54, 1.807) is 6.20 Å². The Morgan fingerprint density at radius 2 is 2.08 bits per heavy atom. The van der Waals surface area contributed by atoms with Crippen LogP contribution in [0, 0.1) is 6.92 Å². The molecule has 1 saturated heterocycles. The molecule has 0 bridgehead atoms. The average Bonchev–Trinajstić information content (AvgIpc) is 3.20. The van der Waals surface area contributed by atoms with Gasteiger partial charge in [0.05, 0.1) is 4.91 Å². The van der Waals surface area contributed by atoms with Crippen molar-refractivity contribution in [3.8, 4) is 0 Å². The van der Waals surface area contributed by atoms with Gasteiger partial charge in [-0.3, -0.25) is 9.69 Å². The van der Waals surface area contributed by atoms with E-state index in [2.05, 4.69) is 9.98 Å². The zero-order chi connectivity index (χ0) is 17.9. The number of thioether (sulfide) groups is 1. The van der Waals surface area contributed by atoms with Crippen LogP contribution < -0.4 is 0 Å². The molecule has 0 unspecified atom stereocenters. The summed E-state index contributed by atoms with van der Waals surface area (Å²) in [4.78, 5) is 24.6. The van der Waals surface area contributed by atoms with Crippen molar-refractivity contribution in [2.24, 2.45) is 4.99 Å². The number of aromatic nitrogens is 1. The van der Waals surface area contributed by atoms with Gasteiger partial charge >= 0.3 is 0 Å². The summed E-state index contributed by atoms with van der Waals surface area (Å²) in [6.07, 6.45) is 9.15. The van der Waals surface area contributed by atoms with Gasteiger partial charge in [0.2, 0.25) is 0 Å². The summed E-state index contributed by atoms with van der Waals surface area (Å²) < 4.78 is 5.62. The van der Waals surface area contributed by atoms with E-state index in [0.717, 1.165) is 36.6 Å². The lowest BCUT2D eigenvalue weighted by atomic mass is 9.94. The number of furan rings is 1. The maximum Gasteiger partial charge on any atom is 0.267 e. The third-order valence-corrected chi connectivity index (χ3v) is 5.65. The zero-order valence-electron chi connectivity index (χ0n) is 14.7. The molecule has 6 heteroatoms. The fraction of sp³-hybridized carbons (Fsp3) is 0.350. The second kappa shape index (κ2) is 7.50. The molecule has 2 fully saturated rings. The van der Waals surface area contributed by atoms with Crippen molar-refractivity contribution in [2.75, 3.05) is 0 Å². The van der Waals surface area contributed by atoms with Gasteiger partial charge in [-0.2, -0.15) is 0 Å². The standard InChI is InChI=1S/C20H21N3O2S/c1-14-10-11-16(25-14)13-17-19(24)23(15-7-3-2-4-8-15)20(26-17)22-18-9-5-6-12-21-18/h5-6,9-13,15H,2-4,7-8H2,1H3/b17-13+,22-20+. The highest BCUT2D eigenvalue weighted by atomic mass is 32.2. The third kappa shape index (κ3) is 3.60. The molecule has 5 nitrogen and oxygen atoms in total. The second-order valence-corrected chi connectivity index (χ2v) is 7.62. The predicted octanol–water partition coefficient (Wildman–Crippen LogP) is 4.92. The van der Waals surface area contributed by atoms with E-state index in [1.165, 1.54) is 18.2 Å². The van der Waals surface area contributed by atoms with Crippen LogP contribution in [0.4, 0.5) is 5.82 Å². The molecule has 1 saturated carbocycles. The number of carbonyl (C=O) groups is 1. The van der Waals surface area contributed by atoms with Crippen LogP contribution in [0.5, 0.6) is 0 Å². The van der Waals surface area contributed by atoms with Gasteiger partial charge in [-0.25, -0.2) is 9.98 Å². The molecule has 0 radical (unpaired) electrons. The molecule has 1 aliphatic carbocycles. The van der Waals surface area contributed by atoms with E-state index in [0.29, 0.717) is 16.5 Å². The van der Waals surface area contributed by atoms with Gasteiger partial charge in [0.1, 0.15) is 11.5 Å². The second-order valence-electron chi connectivity index (χ2n) is 6.61. The highest BCUT2D eigenvalue weighted by molar-refractivity contribution is 8.18. The summed E-state index contributed by atoms with van der Waals surface area (Å²) in [5.74, 6) is 2.17. The minimum atomic E-state index is 0.0191. The number of pyridine rings is 1. The summed E-state index contributed by atoms with van der Waals surface area (Å²) >= 11 is 1.41. The molecule has 0 spiro atoms. The van der Waals surface area contributed by atoms with Crippen molar-refractivity contribution in [1.82, 2.24) is 9.88 Å². The van der Waals surface area contributed by atoms with Crippen LogP contribution in [-0.2, 0) is 4.79 Å². The zero-order valence-corrected chi connectivity index (χ0v) is 15.5. The predicted molar refractivity (Wildman–Crippen MR) is 104 cm³/mol. The molecule has 3 heterocycles. The van der Waals surface area contributed by atoms with Gasteiger partial charge in [-0.1, -0.05) is 25.3 Å². The fourth-order valence-corrected chi connectivity index (χ4v) is 4.43. The summed E-state index contributed by atoms with van der Waals surface area (Å²) in [5, 5.41) is 0.718. The van der Waals surface area contributed by atoms with E-state index < -0.39 is 0 Å². The van der Waals surface area contributed by atoms with Gasteiger partial charge in [0.25, 0.3) is 5.91 Å². The smallest absolute Gasteiger partial charge is 0.267 e. The molecule has 2 aromatic heterocycles. The molecule has 0 atom stereocenters.